The summed E-state index contributed by atoms with van der Waals surface area (Å²) in [6.07, 6.45) is -4.38. The summed E-state index contributed by atoms with van der Waals surface area (Å²) >= 11 is 0. The Hall–Kier alpha value is -2.09. The molecule has 0 radical (unpaired) electrons. The van der Waals surface area contributed by atoms with Gasteiger partial charge < -0.3 is 19.5 Å². The molecule has 7 heteroatoms. The second kappa shape index (κ2) is 8.07. The van der Waals surface area contributed by atoms with E-state index in [1.165, 1.54) is 12.1 Å². The third-order valence-electron chi connectivity index (χ3n) is 4.19. The molecule has 1 saturated heterocycles. The van der Waals surface area contributed by atoms with Crippen LogP contribution >= 0.6 is 0 Å². The van der Waals surface area contributed by atoms with Crippen molar-refractivity contribution >= 4 is 0 Å². The molecule has 0 aromatic heterocycles. The summed E-state index contributed by atoms with van der Waals surface area (Å²) in [4.78, 5) is 0. The fraction of sp³-hybridized carbons (Fsp3) is 0.368. The Kier molecular flexibility index (Phi) is 5.80. The van der Waals surface area contributed by atoms with Crippen molar-refractivity contribution in [1.82, 2.24) is 5.32 Å². The Balaban J connectivity index is 1.64. The van der Waals surface area contributed by atoms with E-state index in [0.717, 1.165) is 17.7 Å². The van der Waals surface area contributed by atoms with E-state index < -0.39 is 11.7 Å². The van der Waals surface area contributed by atoms with E-state index in [1.54, 1.807) is 25.3 Å². The number of nitrogens with one attached hydrogen (secondary N) is 1. The summed E-state index contributed by atoms with van der Waals surface area (Å²) in [6.45, 7) is 1.72. The molecule has 1 heterocycles. The van der Waals surface area contributed by atoms with E-state index in [4.69, 9.17) is 14.2 Å². The first-order valence-electron chi connectivity index (χ1n) is 8.23. The minimum absolute atomic E-state index is 0.0135. The van der Waals surface area contributed by atoms with Crippen LogP contribution in [0.4, 0.5) is 13.2 Å². The molecule has 2 aromatic rings. The van der Waals surface area contributed by atoms with Crippen molar-refractivity contribution < 1.29 is 27.4 Å². The number of alkyl halides is 3. The largest absolute Gasteiger partial charge is 0.457 e. The molecule has 0 bridgehead atoms. The summed E-state index contributed by atoms with van der Waals surface area (Å²) in [6, 6.07) is 12.2. The average molecular weight is 367 g/mol. The molecule has 4 nitrogen and oxygen atoms in total. The average Bonchev–Trinajstić information content (AvgIpc) is 3.07. The number of methoxy groups -OCH3 is 1. The Morgan fingerprint density at radius 2 is 1.81 bits per heavy atom. The standard InChI is InChI=1S/C19H20F3NO3/c1-24-18-12-25-11-17(18)23-10-13-4-2-6-15(8-13)26-16-7-3-5-14(9-16)19(20,21)22/h2-9,17-18,23H,10-12H2,1H3/t17-,18-/m0/s1. The number of hydrogen-bond donors (Lipinski definition) is 1. The van der Waals surface area contributed by atoms with Crippen LogP contribution in [0.25, 0.3) is 0 Å². The highest BCUT2D eigenvalue weighted by Crippen LogP contribution is 2.32. The molecule has 0 aliphatic carbocycles. The van der Waals surface area contributed by atoms with Crippen molar-refractivity contribution in [3.8, 4) is 11.5 Å². The molecule has 1 fully saturated rings. The highest BCUT2D eigenvalue weighted by Gasteiger charge is 2.30. The van der Waals surface area contributed by atoms with Crippen LogP contribution in [0.2, 0.25) is 0 Å². The molecule has 1 N–H and O–H groups in total. The van der Waals surface area contributed by atoms with E-state index in [2.05, 4.69) is 5.32 Å². The zero-order valence-corrected chi connectivity index (χ0v) is 14.3. The predicted molar refractivity (Wildman–Crippen MR) is 90.2 cm³/mol. The zero-order chi connectivity index (χ0) is 18.6. The summed E-state index contributed by atoms with van der Waals surface area (Å²) < 4.78 is 54.7. The highest BCUT2D eigenvalue weighted by molar-refractivity contribution is 5.36. The zero-order valence-electron chi connectivity index (χ0n) is 14.3. The van der Waals surface area contributed by atoms with Crippen molar-refractivity contribution in [1.29, 1.82) is 0 Å². The van der Waals surface area contributed by atoms with Crippen LogP contribution in [-0.4, -0.2) is 32.5 Å². The first-order valence-corrected chi connectivity index (χ1v) is 8.23. The van der Waals surface area contributed by atoms with Crippen LogP contribution < -0.4 is 10.1 Å². The summed E-state index contributed by atoms with van der Waals surface area (Å²) in [5.41, 5.74) is 0.218. The Labute approximate surface area is 149 Å². The molecule has 0 saturated carbocycles. The summed E-state index contributed by atoms with van der Waals surface area (Å²) in [5, 5.41) is 3.36. The maximum absolute atomic E-state index is 12.8. The van der Waals surface area contributed by atoms with Crippen LogP contribution in [0.1, 0.15) is 11.1 Å². The predicted octanol–water partition coefficient (Wildman–Crippen LogP) is 4.00. The van der Waals surface area contributed by atoms with Gasteiger partial charge in [0.15, 0.2) is 0 Å². The molecule has 140 valence electrons. The van der Waals surface area contributed by atoms with Crippen molar-refractivity contribution in [3.63, 3.8) is 0 Å². The van der Waals surface area contributed by atoms with Gasteiger partial charge in [-0.1, -0.05) is 18.2 Å². The Morgan fingerprint density at radius 1 is 1.08 bits per heavy atom. The molecule has 1 aliphatic rings. The first-order chi connectivity index (χ1) is 12.5. The lowest BCUT2D eigenvalue weighted by atomic mass is 10.1. The van der Waals surface area contributed by atoms with Gasteiger partial charge in [-0.25, -0.2) is 0 Å². The third-order valence-corrected chi connectivity index (χ3v) is 4.19. The number of hydrogen-bond acceptors (Lipinski definition) is 4. The molecular weight excluding hydrogens is 347 g/mol. The molecule has 0 spiro atoms. The highest BCUT2D eigenvalue weighted by atomic mass is 19.4. The molecule has 0 unspecified atom stereocenters. The molecule has 26 heavy (non-hydrogen) atoms. The van der Waals surface area contributed by atoms with Gasteiger partial charge in [-0.15, -0.1) is 0 Å². The van der Waals surface area contributed by atoms with E-state index in [9.17, 15) is 13.2 Å². The van der Waals surface area contributed by atoms with Gasteiger partial charge in [-0.3, -0.25) is 0 Å². The second-order valence-electron chi connectivity index (χ2n) is 6.07. The van der Waals surface area contributed by atoms with Crippen LogP contribution in [0, 0.1) is 0 Å². The number of halogens is 3. The second-order valence-corrected chi connectivity index (χ2v) is 6.07. The van der Waals surface area contributed by atoms with Gasteiger partial charge in [0.05, 0.1) is 30.9 Å². The van der Waals surface area contributed by atoms with Crippen LogP contribution in [0.3, 0.4) is 0 Å². The molecule has 2 aromatic carbocycles. The molecular formula is C19H20F3NO3. The van der Waals surface area contributed by atoms with E-state index in [-0.39, 0.29) is 17.9 Å². The lowest BCUT2D eigenvalue weighted by molar-refractivity contribution is -0.137. The van der Waals surface area contributed by atoms with Gasteiger partial charge in [0, 0.05) is 13.7 Å². The maximum atomic E-state index is 12.8. The molecule has 3 rings (SSSR count). The molecule has 2 atom stereocenters. The smallest absolute Gasteiger partial charge is 0.416 e. The topological polar surface area (TPSA) is 39.7 Å². The van der Waals surface area contributed by atoms with Crippen LogP contribution in [-0.2, 0) is 22.2 Å². The van der Waals surface area contributed by atoms with Crippen molar-refractivity contribution in [3.05, 3.63) is 59.7 Å². The van der Waals surface area contributed by atoms with Gasteiger partial charge in [-0.05, 0) is 35.9 Å². The lowest BCUT2D eigenvalue weighted by Gasteiger charge is -2.18. The maximum Gasteiger partial charge on any atom is 0.416 e. The molecule has 0 amide bonds. The lowest BCUT2D eigenvalue weighted by Crippen LogP contribution is -2.39. The normalized spacial score (nSPS) is 20.3. The Morgan fingerprint density at radius 3 is 2.54 bits per heavy atom. The van der Waals surface area contributed by atoms with Crippen molar-refractivity contribution in [2.75, 3.05) is 20.3 Å². The van der Waals surface area contributed by atoms with E-state index >= 15 is 0 Å². The monoisotopic (exact) mass is 367 g/mol. The SMILES string of the molecule is CO[C@H]1COC[C@@H]1NCc1cccc(Oc2cccc(C(F)(F)F)c2)c1. The fourth-order valence-electron chi connectivity index (χ4n) is 2.80. The third kappa shape index (κ3) is 4.75. The van der Waals surface area contributed by atoms with Crippen molar-refractivity contribution in [2.45, 2.75) is 24.9 Å². The van der Waals surface area contributed by atoms with Gasteiger partial charge >= 0.3 is 6.18 Å². The van der Waals surface area contributed by atoms with Crippen molar-refractivity contribution in [2.24, 2.45) is 0 Å². The minimum atomic E-state index is -4.40. The first kappa shape index (κ1) is 18.7. The summed E-state index contributed by atoms with van der Waals surface area (Å²) in [7, 11) is 1.65. The number of ether oxygens (including phenoxy) is 3. The van der Waals surface area contributed by atoms with Gasteiger partial charge in [-0.2, -0.15) is 13.2 Å². The molecule has 1 aliphatic heterocycles. The van der Waals surface area contributed by atoms with Gasteiger partial charge in [0.1, 0.15) is 11.5 Å². The van der Waals surface area contributed by atoms with E-state index in [0.29, 0.717) is 25.5 Å². The van der Waals surface area contributed by atoms with Crippen LogP contribution in [0.15, 0.2) is 48.5 Å². The minimum Gasteiger partial charge on any atom is -0.457 e. The van der Waals surface area contributed by atoms with Gasteiger partial charge in [0.25, 0.3) is 0 Å². The quantitative estimate of drug-likeness (QED) is 0.838. The van der Waals surface area contributed by atoms with Gasteiger partial charge in [0.2, 0.25) is 0 Å². The number of benzene rings is 2. The fourth-order valence-corrected chi connectivity index (χ4v) is 2.80. The van der Waals surface area contributed by atoms with Crippen LogP contribution in [0.5, 0.6) is 11.5 Å². The number of rotatable bonds is 6. The van der Waals surface area contributed by atoms with E-state index in [1.807, 2.05) is 6.07 Å². The Bertz CT molecular complexity index is 736. The summed E-state index contributed by atoms with van der Waals surface area (Å²) in [5.74, 6) is 0.628.